The van der Waals surface area contributed by atoms with Gasteiger partial charge >= 0.3 is 0 Å². The van der Waals surface area contributed by atoms with Crippen LogP contribution >= 0.6 is 11.3 Å². The molecular formula is C18H28N6O3S2. The summed E-state index contributed by atoms with van der Waals surface area (Å²) in [6.07, 6.45) is 2.25. The van der Waals surface area contributed by atoms with Crippen molar-refractivity contribution in [2.24, 2.45) is 4.99 Å². The van der Waals surface area contributed by atoms with Crippen LogP contribution in [0.1, 0.15) is 28.2 Å². The number of nitrogens with one attached hydrogen (secondary N) is 1. The third-order valence-electron chi connectivity index (χ3n) is 4.69. The van der Waals surface area contributed by atoms with Crippen molar-refractivity contribution >= 4 is 27.3 Å². The van der Waals surface area contributed by atoms with E-state index in [1.807, 2.05) is 20.8 Å². The van der Waals surface area contributed by atoms with Gasteiger partial charge in [-0.15, -0.1) is 11.3 Å². The minimum absolute atomic E-state index is 0.134. The summed E-state index contributed by atoms with van der Waals surface area (Å²) < 4.78 is 31.4. The van der Waals surface area contributed by atoms with Crippen molar-refractivity contribution in [3.63, 3.8) is 0 Å². The van der Waals surface area contributed by atoms with Crippen molar-refractivity contribution in [2.75, 3.05) is 39.3 Å². The molecule has 1 saturated heterocycles. The summed E-state index contributed by atoms with van der Waals surface area (Å²) >= 11 is 1.72. The van der Waals surface area contributed by atoms with Gasteiger partial charge in [-0.1, -0.05) is 5.16 Å². The molecule has 0 saturated carbocycles. The standard InChI is InChI=1S/C18H28N6O3S2/c1-4-19-18(20-7-5-17-14(2)21-15(3)28-17)23-8-10-24(11-9-23)29(25,26)13-16-6-12-27-22-16/h6,12H,4-5,7-11,13H2,1-3H3,(H,19,20). The van der Waals surface area contributed by atoms with Crippen LogP contribution in [0.2, 0.25) is 0 Å². The number of hydrogen-bond acceptors (Lipinski definition) is 7. The molecule has 2 aromatic heterocycles. The lowest BCUT2D eigenvalue weighted by molar-refractivity contribution is 0.260. The lowest BCUT2D eigenvalue weighted by atomic mass is 10.3. The Balaban J connectivity index is 1.56. The molecule has 1 N–H and O–H groups in total. The van der Waals surface area contributed by atoms with Crippen LogP contribution in [0, 0.1) is 13.8 Å². The van der Waals surface area contributed by atoms with E-state index in [0.717, 1.165) is 29.6 Å². The van der Waals surface area contributed by atoms with E-state index in [1.54, 1.807) is 17.4 Å². The van der Waals surface area contributed by atoms with Crippen LogP contribution in [0.3, 0.4) is 0 Å². The number of aryl methyl sites for hydroxylation is 2. The molecule has 0 aromatic carbocycles. The van der Waals surface area contributed by atoms with Crippen molar-refractivity contribution < 1.29 is 12.9 Å². The largest absolute Gasteiger partial charge is 0.364 e. The maximum absolute atomic E-state index is 12.6. The molecule has 3 rings (SSSR count). The molecular weight excluding hydrogens is 412 g/mol. The summed E-state index contributed by atoms with van der Waals surface area (Å²) in [5, 5.41) is 8.11. The highest BCUT2D eigenvalue weighted by Crippen LogP contribution is 2.18. The predicted octanol–water partition coefficient (Wildman–Crippen LogP) is 1.40. The van der Waals surface area contributed by atoms with Gasteiger partial charge in [-0.05, 0) is 20.8 Å². The zero-order chi connectivity index (χ0) is 20.9. The van der Waals surface area contributed by atoms with Crippen molar-refractivity contribution in [3.8, 4) is 0 Å². The quantitative estimate of drug-likeness (QED) is 0.513. The first-order valence-corrected chi connectivity index (χ1v) is 12.1. The number of rotatable bonds is 7. The summed E-state index contributed by atoms with van der Waals surface area (Å²) in [5.74, 6) is 0.700. The zero-order valence-electron chi connectivity index (χ0n) is 17.1. The zero-order valence-corrected chi connectivity index (χ0v) is 18.7. The minimum atomic E-state index is -3.40. The Morgan fingerprint density at radius 3 is 2.66 bits per heavy atom. The molecule has 29 heavy (non-hydrogen) atoms. The Morgan fingerprint density at radius 1 is 1.31 bits per heavy atom. The Hall–Kier alpha value is -1.98. The molecule has 9 nitrogen and oxygen atoms in total. The second kappa shape index (κ2) is 9.68. The molecule has 0 bridgehead atoms. The summed E-state index contributed by atoms with van der Waals surface area (Å²) in [6.45, 7) is 9.58. The topological polar surface area (TPSA) is 104 Å². The average molecular weight is 441 g/mol. The Bertz CT molecular complexity index is 916. The third kappa shape index (κ3) is 5.77. The van der Waals surface area contributed by atoms with Gasteiger partial charge in [-0.2, -0.15) is 4.31 Å². The lowest BCUT2D eigenvalue weighted by Gasteiger charge is -2.35. The van der Waals surface area contributed by atoms with Crippen LogP contribution in [0.5, 0.6) is 0 Å². The van der Waals surface area contributed by atoms with Gasteiger partial charge in [0.15, 0.2) is 5.96 Å². The van der Waals surface area contributed by atoms with E-state index in [9.17, 15) is 8.42 Å². The van der Waals surface area contributed by atoms with Crippen LogP contribution in [0.15, 0.2) is 21.8 Å². The molecule has 160 valence electrons. The fraction of sp³-hybridized carbons (Fsp3) is 0.611. The fourth-order valence-electron chi connectivity index (χ4n) is 3.26. The first kappa shape index (κ1) is 21.7. The first-order chi connectivity index (χ1) is 13.9. The van der Waals surface area contributed by atoms with E-state index in [-0.39, 0.29) is 5.75 Å². The molecule has 0 unspecified atom stereocenters. The monoisotopic (exact) mass is 440 g/mol. The van der Waals surface area contributed by atoms with Gasteiger partial charge in [0.25, 0.3) is 0 Å². The second-order valence-corrected chi connectivity index (χ2v) is 10.1. The van der Waals surface area contributed by atoms with Gasteiger partial charge in [0.2, 0.25) is 10.0 Å². The first-order valence-electron chi connectivity index (χ1n) is 9.72. The van der Waals surface area contributed by atoms with Gasteiger partial charge in [-0.3, -0.25) is 4.99 Å². The number of thiazole rings is 1. The van der Waals surface area contributed by atoms with E-state index in [0.29, 0.717) is 38.4 Å². The number of nitrogens with zero attached hydrogens (tertiary/aromatic N) is 5. The van der Waals surface area contributed by atoms with E-state index >= 15 is 0 Å². The molecule has 2 aromatic rings. The van der Waals surface area contributed by atoms with Gasteiger partial charge in [0, 0.05) is 56.6 Å². The molecule has 11 heteroatoms. The number of aliphatic imine (C=N–C) groups is 1. The lowest BCUT2D eigenvalue weighted by Crippen LogP contribution is -2.54. The number of hydrogen-bond donors (Lipinski definition) is 1. The van der Waals surface area contributed by atoms with Crippen LogP contribution in [0.4, 0.5) is 0 Å². The van der Waals surface area contributed by atoms with Crippen molar-refractivity contribution in [1.82, 2.24) is 24.7 Å². The highest BCUT2D eigenvalue weighted by Gasteiger charge is 2.29. The summed E-state index contributed by atoms with van der Waals surface area (Å²) in [7, 11) is -3.40. The molecule has 0 spiro atoms. The maximum atomic E-state index is 12.6. The molecule has 0 aliphatic carbocycles. The summed E-state index contributed by atoms with van der Waals surface area (Å²) in [6, 6.07) is 1.58. The van der Waals surface area contributed by atoms with Gasteiger partial charge in [0.05, 0.1) is 16.4 Å². The highest BCUT2D eigenvalue weighted by molar-refractivity contribution is 7.88. The van der Waals surface area contributed by atoms with Crippen LogP contribution in [0.25, 0.3) is 0 Å². The Kier molecular flexibility index (Phi) is 7.25. The normalized spacial score (nSPS) is 16.4. The number of sulfonamides is 1. The molecule has 1 aliphatic rings. The molecule has 3 heterocycles. The average Bonchev–Trinajstić information content (AvgIpc) is 3.30. The number of piperazine rings is 1. The van der Waals surface area contributed by atoms with Crippen LogP contribution in [-0.4, -0.2) is 73.0 Å². The minimum Gasteiger partial charge on any atom is -0.364 e. The van der Waals surface area contributed by atoms with Gasteiger partial charge in [0.1, 0.15) is 12.0 Å². The van der Waals surface area contributed by atoms with Crippen molar-refractivity contribution in [3.05, 3.63) is 33.6 Å². The van der Waals surface area contributed by atoms with Gasteiger partial charge in [-0.25, -0.2) is 13.4 Å². The number of guanidine groups is 1. The SMILES string of the molecule is CCNC(=NCCc1sc(C)nc1C)N1CCN(S(=O)(=O)Cc2ccon2)CC1. The Morgan fingerprint density at radius 2 is 2.07 bits per heavy atom. The predicted molar refractivity (Wildman–Crippen MR) is 114 cm³/mol. The van der Waals surface area contributed by atoms with E-state index in [1.165, 1.54) is 15.4 Å². The summed E-state index contributed by atoms with van der Waals surface area (Å²) in [4.78, 5) is 12.6. The summed E-state index contributed by atoms with van der Waals surface area (Å²) in [5.41, 5.74) is 1.51. The molecule has 0 atom stereocenters. The highest BCUT2D eigenvalue weighted by atomic mass is 32.2. The van der Waals surface area contributed by atoms with E-state index in [4.69, 9.17) is 9.52 Å². The fourth-order valence-corrected chi connectivity index (χ4v) is 5.61. The smallest absolute Gasteiger partial charge is 0.220 e. The van der Waals surface area contributed by atoms with Crippen LogP contribution in [-0.2, 0) is 22.2 Å². The second-order valence-electron chi connectivity index (χ2n) is 6.86. The van der Waals surface area contributed by atoms with Gasteiger partial charge < -0.3 is 14.7 Å². The van der Waals surface area contributed by atoms with Crippen molar-refractivity contribution in [2.45, 2.75) is 32.9 Å². The third-order valence-corrected chi connectivity index (χ3v) is 7.63. The number of aromatic nitrogens is 2. The van der Waals surface area contributed by atoms with E-state index in [2.05, 4.69) is 20.4 Å². The molecule has 1 aliphatic heterocycles. The van der Waals surface area contributed by atoms with Crippen LogP contribution < -0.4 is 5.32 Å². The molecule has 0 radical (unpaired) electrons. The van der Waals surface area contributed by atoms with E-state index < -0.39 is 10.0 Å². The van der Waals surface area contributed by atoms with Crippen molar-refractivity contribution in [1.29, 1.82) is 0 Å². The Labute approximate surface area is 175 Å². The maximum Gasteiger partial charge on any atom is 0.220 e. The molecule has 0 amide bonds. The molecule has 1 fully saturated rings.